The Kier molecular flexibility index (Phi) is 3.18. The van der Waals surface area contributed by atoms with Crippen molar-refractivity contribution >= 4 is 16.8 Å². The van der Waals surface area contributed by atoms with Gasteiger partial charge in [-0.1, -0.05) is 18.2 Å². The molecule has 1 fully saturated rings. The summed E-state index contributed by atoms with van der Waals surface area (Å²) in [4.78, 5) is 14.2. The molecule has 0 radical (unpaired) electrons. The Morgan fingerprint density at radius 1 is 1.18 bits per heavy atom. The molecule has 3 heterocycles. The van der Waals surface area contributed by atoms with Crippen LogP contribution in [-0.4, -0.2) is 38.7 Å². The highest BCUT2D eigenvalue weighted by Crippen LogP contribution is 2.17. The van der Waals surface area contributed by atoms with Crippen molar-refractivity contribution in [3.8, 4) is 0 Å². The molecule has 1 aromatic carbocycles. The van der Waals surface area contributed by atoms with E-state index in [2.05, 4.69) is 39.2 Å². The fourth-order valence-electron chi connectivity index (χ4n) is 3.10. The van der Waals surface area contributed by atoms with Crippen LogP contribution in [0.4, 0.5) is 0 Å². The zero-order valence-electron chi connectivity index (χ0n) is 12.3. The Labute approximate surface area is 128 Å². The molecule has 2 aromatic heterocycles. The lowest BCUT2D eigenvalue weighted by Crippen LogP contribution is -2.27. The smallest absolute Gasteiger partial charge is 0.274 e. The van der Waals surface area contributed by atoms with Crippen LogP contribution in [0.5, 0.6) is 0 Å². The molecule has 5 nitrogen and oxygen atoms in total. The predicted octanol–water partition coefficient (Wildman–Crippen LogP) is 2.65. The molecule has 1 N–H and O–H groups in total. The molecule has 4 rings (SSSR count). The van der Waals surface area contributed by atoms with Crippen molar-refractivity contribution < 1.29 is 4.79 Å². The molecule has 1 aliphatic heterocycles. The molecule has 0 spiro atoms. The summed E-state index contributed by atoms with van der Waals surface area (Å²) in [6, 6.07) is 12.2. The topological polar surface area (TPSA) is 53.9 Å². The lowest BCUT2D eigenvalue weighted by atomic mass is 10.2. The first kappa shape index (κ1) is 13.1. The highest BCUT2D eigenvalue weighted by Gasteiger charge is 2.21. The third kappa shape index (κ3) is 2.28. The number of fused-ring (bicyclic) bond motifs is 1. The van der Waals surface area contributed by atoms with E-state index in [1.165, 1.54) is 10.9 Å². The minimum absolute atomic E-state index is 0.0392. The molecular formula is C17H18N4O. The summed E-state index contributed by atoms with van der Waals surface area (Å²) in [6.07, 6.45) is 4.25. The third-order valence-electron chi connectivity index (χ3n) is 4.26. The van der Waals surface area contributed by atoms with Crippen LogP contribution in [0.15, 0.2) is 42.6 Å². The monoisotopic (exact) mass is 294 g/mol. The van der Waals surface area contributed by atoms with Crippen LogP contribution >= 0.6 is 0 Å². The van der Waals surface area contributed by atoms with E-state index >= 15 is 0 Å². The van der Waals surface area contributed by atoms with Gasteiger partial charge < -0.3 is 9.47 Å². The predicted molar refractivity (Wildman–Crippen MR) is 84.8 cm³/mol. The first-order chi connectivity index (χ1) is 10.8. The summed E-state index contributed by atoms with van der Waals surface area (Å²) >= 11 is 0. The minimum atomic E-state index is 0.0392. The van der Waals surface area contributed by atoms with E-state index in [1.54, 1.807) is 0 Å². The number of nitrogens with one attached hydrogen (secondary N) is 1. The van der Waals surface area contributed by atoms with E-state index in [-0.39, 0.29) is 5.91 Å². The second-order valence-corrected chi connectivity index (χ2v) is 5.78. The molecule has 3 aromatic rings. The number of aromatic nitrogens is 3. The van der Waals surface area contributed by atoms with E-state index in [4.69, 9.17) is 0 Å². The number of carbonyl (C=O) groups is 1. The van der Waals surface area contributed by atoms with E-state index in [1.807, 2.05) is 23.1 Å². The molecule has 0 saturated carbocycles. The number of rotatable bonds is 3. The standard InChI is InChI=1S/C17H18N4O/c22-17(20-8-3-4-9-20)15-11-14(18-19-15)12-21-10-7-13-5-1-2-6-16(13)21/h1-2,5-7,10-11H,3-4,8-9,12H2,(H,18,19). The van der Waals surface area contributed by atoms with Crippen LogP contribution in [0.1, 0.15) is 29.0 Å². The number of carbonyl (C=O) groups excluding carboxylic acids is 1. The van der Waals surface area contributed by atoms with Crippen LogP contribution < -0.4 is 0 Å². The Hall–Kier alpha value is -2.56. The van der Waals surface area contributed by atoms with Gasteiger partial charge >= 0.3 is 0 Å². The van der Waals surface area contributed by atoms with Crippen molar-refractivity contribution in [2.45, 2.75) is 19.4 Å². The highest BCUT2D eigenvalue weighted by molar-refractivity contribution is 5.92. The first-order valence-corrected chi connectivity index (χ1v) is 7.69. The van der Waals surface area contributed by atoms with Gasteiger partial charge in [-0.05, 0) is 36.4 Å². The van der Waals surface area contributed by atoms with Gasteiger partial charge in [-0.25, -0.2) is 0 Å². The number of nitrogens with zero attached hydrogens (tertiary/aromatic N) is 3. The van der Waals surface area contributed by atoms with Gasteiger partial charge in [0.1, 0.15) is 5.69 Å². The molecule has 112 valence electrons. The van der Waals surface area contributed by atoms with Crippen molar-refractivity contribution in [3.63, 3.8) is 0 Å². The second-order valence-electron chi connectivity index (χ2n) is 5.78. The van der Waals surface area contributed by atoms with E-state index < -0.39 is 0 Å². The van der Waals surface area contributed by atoms with Gasteiger partial charge in [-0.3, -0.25) is 9.89 Å². The largest absolute Gasteiger partial charge is 0.341 e. The number of hydrogen-bond acceptors (Lipinski definition) is 2. The van der Waals surface area contributed by atoms with Gasteiger partial charge in [0, 0.05) is 24.8 Å². The summed E-state index contributed by atoms with van der Waals surface area (Å²) in [7, 11) is 0. The number of amides is 1. The molecule has 0 atom stereocenters. The maximum atomic E-state index is 12.3. The number of para-hydroxylation sites is 1. The van der Waals surface area contributed by atoms with E-state index in [0.717, 1.165) is 31.6 Å². The Morgan fingerprint density at radius 2 is 2.00 bits per heavy atom. The lowest BCUT2D eigenvalue weighted by Gasteiger charge is -2.12. The van der Waals surface area contributed by atoms with Gasteiger partial charge in [0.05, 0.1) is 12.2 Å². The quantitative estimate of drug-likeness (QED) is 0.807. The summed E-state index contributed by atoms with van der Waals surface area (Å²) < 4.78 is 2.16. The number of likely N-dealkylation sites (tertiary alicyclic amines) is 1. The van der Waals surface area contributed by atoms with Crippen molar-refractivity contribution in [2.24, 2.45) is 0 Å². The second kappa shape index (κ2) is 5.33. The molecule has 1 amide bonds. The number of benzene rings is 1. The Bertz CT molecular complexity index is 811. The SMILES string of the molecule is O=C(c1cc(Cn2ccc3ccccc32)[nH]n1)N1CCCC1. The first-order valence-electron chi connectivity index (χ1n) is 7.69. The fraction of sp³-hybridized carbons (Fsp3) is 0.294. The van der Waals surface area contributed by atoms with Crippen LogP contribution in [0, 0.1) is 0 Å². The normalized spacial score (nSPS) is 14.8. The molecule has 0 aliphatic carbocycles. The molecule has 1 saturated heterocycles. The third-order valence-corrected chi connectivity index (χ3v) is 4.26. The van der Waals surface area contributed by atoms with Crippen molar-refractivity contribution in [1.29, 1.82) is 0 Å². The minimum Gasteiger partial charge on any atom is -0.341 e. The summed E-state index contributed by atoms with van der Waals surface area (Å²) in [5.74, 6) is 0.0392. The zero-order chi connectivity index (χ0) is 14.9. The van der Waals surface area contributed by atoms with Crippen molar-refractivity contribution in [1.82, 2.24) is 19.7 Å². The van der Waals surface area contributed by atoms with Crippen molar-refractivity contribution in [3.05, 3.63) is 54.0 Å². The Balaban J connectivity index is 1.55. The number of H-pyrrole nitrogens is 1. The summed E-state index contributed by atoms with van der Waals surface area (Å²) in [5.41, 5.74) is 2.65. The summed E-state index contributed by atoms with van der Waals surface area (Å²) in [6.45, 7) is 2.39. The maximum absolute atomic E-state index is 12.3. The molecule has 0 unspecified atom stereocenters. The van der Waals surface area contributed by atoms with Gasteiger partial charge in [0.2, 0.25) is 0 Å². The fourth-order valence-corrected chi connectivity index (χ4v) is 3.10. The molecule has 5 heteroatoms. The Morgan fingerprint density at radius 3 is 2.86 bits per heavy atom. The van der Waals surface area contributed by atoms with Gasteiger partial charge in [0.15, 0.2) is 0 Å². The zero-order valence-corrected chi connectivity index (χ0v) is 12.3. The van der Waals surface area contributed by atoms with Crippen molar-refractivity contribution in [2.75, 3.05) is 13.1 Å². The van der Waals surface area contributed by atoms with E-state index in [0.29, 0.717) is 12.2 Å². The molecule has 0 bridgehead atoms. The van der Waals surface area contributed by atoms with Crippen LogP contribution in [-0.2, 0) is 6.54 Å². The maximum Gasteiger partial charge on any atom is 0.274 e. The van der Waals surface area contributed by atoms with Gasteiger partial charge in [-0.15, -0.1) is 0 Å². The lowest BCUT2D eigenvalue weighted by molar-refractivity contribution is 0.0787. The average molecular weight is 294 g/mol. The van der Waals surface area contributed by atoms with Crippen LogP contribution in [0.2, 0.25) is 0 Å². The number of aromatic amines is 1. The molecular weight excluding hydrogens is 276 g/mol. The van der Waals surface area contributed by atoms with Gasteiger partial charge in [-0.2, -0.15) is 5.10 Å². The van der Waals surface area contributed by atoms with Gasteiger partial charge in [0.25, 0.3) is 5.91 Å². The summed E-state index contributed by atoms with van der Waals surface area (Å²) in [5, 5.41) is 8.40. The van der Waals surface area contributed by atoms with Crippen LogP contribution in [0.25, 0.3) is 10.9 Å². The number of hydrogen-bond donors (Lipinski definition) is 1. The van der Waals surface area contributed by atoms with Crippen LogP contribution in [0.3, 0.4) is 0 Å². The van der Waals surface area contributed by atoms with E-state index in [9.17, 15) is 4.79 Å². The average Bonchev–Trinajstić information content (AvgIpc) is 3.28. The molecule has 22 heavy (non-hydrogen) atoms. The highest BCUT2D eigenvalue weighted by atomic mass is 16.2. The molecule has 1 aliphatic rings.